The number of benzene rings is 1. The molecule has 118 valence electrons. The summed E-state index contributed by atoms with van der Waals surface area (Å²) in [5.74, 6) is 1.62. The lowest BCUT2D eigenvalue weighted by molar-refractivity contribution is -0.0841. The molecule has 1 aromatic carbocycles. The minimum absolute atomic E-state index is 0.0931. The quantitative estimate of drug-likeness (QED) is 0.874. The summed E-state index contributed by atoms with van der Waals surface area (Å²) in [6, 6.07) is 6.59. The molecule has 0 radical (unpaired) electrons. The number of hydrogen-bond acceptors (Lipinski definition) is 2. The Balaban J connectivity index is 1.95. The molecular formula is C19H31NO. The maximum Gasteiger partial charge on any atom is 0.0808 e. The zero-order chi connectivity index (χ0) is 15.5. The fourth-order valence-corrected chi connectivity index (χ4v) is 3.37. The summed E-state index contributed by atoms with van der Waals surface area (Å²) in [5.41, 5.74) is 9.89. The predicted octanol–water partition coefficient (Wildman–Crippen LogP) is 4.36. The van der Waals surface area contributed by atoms with Crippen molar-refractivity contribution in [3.05, 3.63) is 34.9 Å². The number of ether oxygens (including phenoxy) is 1. The third-order valence-corrected chi connectivity index (χ3v) is 5.37. The van der Waals surface area contributed by atoms with Gasteiger partial charge in [0.2, 0.25) is 0 Å². The second-order valence-corrected chi connectivity index (χ2v) is 7.18. The average molecular weight is 289 g/mol. The maximum atomic E-state index is 6.30. The summed E-state index contributed by atoms with van der Waals surface area (Å²) in [6.07, 6.45) is 4.72. The van der Waals surface area contributed by atoms with E-state index in [0.717, 1.165) is 24.7 Å². The Morgan fingerprint density at radius 2 is 1.86 bits per heavy atom. The van der Waals surface area contributed by atoms with Crippen LogP contribution in [0.25, 0.3) is 0 Å². The zero-order valence-electron chi connectivity index (χ0n) is 14.1. The van der Waals surface area contributed by atoms with Gasteiger partial charge in [0.05, 0.1) is 12.2 Å². The molecule has 1 aliphatic rings. The third-order valence-electron chi connectivity index (χ3n) is 5.37. The molecule has 0 unspecified atom stereocenters. The van der Waals surface area contributed by atoms with Crippen molar-refractivity contribution in [3.8, 4) is 0 Å². The summed E-state index contributed by atoms with van der Waals surface area (Å²) in [5, 5.41) is 0. The van der Waals surface area contributed by atoms with Gasteiger partial charge in [-0.25, -0.2) is 0 Å². The van der Waals surface area contributed by atoms with Crippen molar-refractivity contribution >= 4 is 0 Å². The third kappa shape index (κ3) is 4.08. The lowest BCUT2D eigenvalue weighted by Crippen LogP contribution is -2.44. The van der Waals surface area contributed by atoms with Crippen LogP contribution in [-0.2, 0) is 11.3 Å². The van der Waals surface area contributed by atoms with Gasteiger partial charge in [-0.05, 0) is 68.1 Å². The van der Waals surface area contributed by atoms with Gasteiger partial charge in [-0.15, -0.1) is 0 Å². The van der Waals surface area contributed by atoms with Crippen LogP contribution < -0.4 is 5.73 Å². The van der Waals surface area contributed by atoms with Gasteiger partial charge in [0.15, 0.2) is 0 Å². The molecule has 21 heavy (non-hydrogen) atoms. The van der Waals surface area contributed by atoms with Gasteiger partial charge in [0.25, 0.3) is 0 Å². The van der Waals surface area contributed by atoms with Crippen molar-refractivity contribution in [2.24, 2.45) is 17.6 Å². The van der Waals surface area contributed by atoms with Crippen LogP contribution in [0.2, 0.25) is 0 Å². The molecule has 1 aliphatic carbocycles. The minimum Gasteiger partial charge on any atom is -0.369 e. The summed E-state index contributed by atoms with van der Waals surface area (Å²) in [4.78, 5) is 0. The van der Waals surface area contributed by atoms with E-state index < -0.39 is 0 Å². The van der Waals surface area contributed by atoms with Gasteiger partial charge in [0, 0.05) is 6.54 Å². The Kier molecular flexibility index (Phi) is 5.45. The average Bonchev–Trinajstić information content (AvgIpc) is 2.49. The van der Waals surface area contributed by atoms with Gasteiger partial charge in [0.1, 0.15) is 0 Å². The lowest BCUT2D eigenvalue weighted by atomic mass is 9.74. The van der Waals surface area contributed by atoms with Crippen molar-refractivity contribution in [1.29, 1.82) is 0 Å². The van der Waals surface area contributed by atoms with Crippen molar-refractivity contribution in [2.45, 2.75) is 65.6 Å². The van der Waals surface area contributed by atoms with Crippen LogP contribution in [-0.4, -0.2) is 12.1 Å². The van der Waals surface area contributed by atoms with E-state index in [2.05, 4.69) is 45.9 Å². The first-order valence-corrected chi connectivity index (χ1v) is 8.36. The van der Waals surface area contributed by atoms with Crippen molar-refractivity contribution < 1.29 is 4.74 Å². The molecule has 0 bridgehead atoms. The highest BCUT2D eigenvalue weighted by Crippen LogP contribution is 2.38. The number of nitrogens with two attached hydrogens (primary N) is 1. The molecule has 0 spiro atoms. The molecule has 2 heteroatoms. The first-order chi connectivity index (χ1) is 9.96. The van der Waals surface area contributed by atoms with Crippen molar-refractivity contribution in [2.75, 3.05) is 6.54 Å². The predicted molar refractivity (Wildman–Crippen MR) is 89.3 cm³/mol. The Morgan fingerprint density at radius 1 is 1.19 bits per heavy atom. The Morgan fingerprint density at radius 3 is 2.38 bits per heavy atom. The fraction of sp³-hybridized carbons (Fsp3) is 0.684. The molecule has 2 rings (SSSR count). The smallest absolute Gasteiger partial charge is 0.0808 e. The van der Waals surface area contributed by atoms with E-state index in [1.807, 2.05) is 0 Å². The summed E-state index contributed by atoms with van der Waals surface area (Å²) in [7, 11) is 0. The molecule has 0 aliphatic heterocycles. The second kappa shape index (κ2) is 6.93. The van der Waals surface area contributed by atoms with Crippen LogP contribution in [0.5, 0.6) is 0 Å². The van der Waals surface area contributed by atoms with E-state index in [1.165, 1.54) is 29.5 Å². The first kappa shape index (κ1) is 16.5. The largest absolute Gasteiger partial charge is 0.369 e. The maximum absolute atomic E-state index is 6.30. The zero-order valence-corrected chi connectivity index (χ0v) is 14.1. The first-order valence-electron chi connectivity index (χ1n) is 8.36. The van der Waals surface area contributed by atoms with Crippen LogP contribution >= 0.6 is 0 Å². The lowest BCUT2D eigenvalue weighted by Gasteiger charge is -2.40. The molecule has 1 fully saturated rings. The van der Waals surface area contributed by atoms with Gasteiger partial charge in [-0.2, -0.15) is 0 Å². The van der Waals surface area contributed by atoms with Gasteiger partial charge >= 0.3 is 0 Å². The Labute approximate surface area is 130 Å². The van der Waals surface area contributed by atoms with E-state index in [1.54, 1.807) is 0 Å². The second-order valence-electron chi connectivity index (χ2n) is 7.18. The summed E-state index contributed by atoms with van der Waals surface area (Å²) in [6.45, 7) is 10.3. The molecule has 2 N–H and O–H groups in total. The number of hydrogen-bond donors (Lipinski definition) is 1. The van der Waals surface area contributed by atoms with E-state index >= 15 is 0 Å². The molecule has 0 aromatic heterocycles. The minimum atomic E-state index is -0.0931. The topological polar surface area (TPSA) is 35.2 Å². The Bertz CT molecular complexity index is 459. The van der Waals surface area contributed by atoms with Crippen LogP contribution in [0.1, 0.15) is 56.2 Å². The van der Waals surface area contributed by atoms with Crippen molar-refractivity contribution in [1.82, 2.24) is 0 Å². The highest BCUT2D eigenvalue weighted by molar-refractivity contribution is 5.29. The standard InChI is InChI=1S/C19H31NO/c1-14(2)18-7-9-19(13-20,10-8-18)21-12-17-6-5-15(3)16(4)11-17/h5-6,11,14,18H,7-10,12-13,20H2,1-4H3. The molecule has 1 saturated carbocycles. The molecule has 0 atom stereocenters. The van der Waals surface area contributed by atoms with E-state index in [0.29, 0.717) is 13.2 Å². The van der Waals surface area contributed by atoms with Crippen LogP contribution in [0, 0.1) is 25.7 Å². The molecule has 0 amide bonds. The molecule has 0 heterocycles. The van der Waals surface area contributed by atoms with Gasteiger partial charge < -0.3 is 10.5 Å². The SMILES string of the molecule is Cc1ccc(COC2(CN)CCC(C(C)C)CC2)cc1C. The van der Waals surface area contributed by atoms with E-state index in [-0.39, 0.29) is 5.60 Å². The van der Waals surface area contributed by atoms with Crippen LogP contribution in [0.4, 0.5) is 0 Å². The summed E-state index contributed by atoms with van der Waals surface area (Å²) < 4.78 is 6.30. The number of rotatable bonds is 5. The summed E-state index contributed by atoms with van der Waals surface area (Å²) >= 11 is 0. The highest BCUT2D eigenvalue weighted by atomic mass is 16.5. The van der Waals surface area contributed by atoms with Crippen LogP contribution in [0.15, 0.2) is 18.2 Å². The monoisotopic (exact) mass is 289 g/mol. The molecule has 0 saturated heterocycles. The molecular weight excluding hydrogens is 258 g/mol. The van der Waals surface area contributed by atoms with Crippen LogP contribution in [0.3, 0.4) is 0 Å². The van der Waals surface area contributed by atoms with E-state index in [9.17, 15) is 0 Å². The molecule has 1 aromatic rings. The van der Waals surface area contributed by atoms with Gasteiger partial charge in [-0.1, -0.05) is 32.0 Å². The van der Waals surface area contributed by atoms with Gasteiger partial charge in [-0.3, -0.25) is 0 Å². The Hall–Kier alpha value is -0.860. The number of aryl methyl sites for hydroxylation is 2. The normalized spacial score (nSPS) is 26.3. The molecule has 2 nitrogen and oxygen atoms in total. The highest BCUT2D eigenvalue weighted by Gasteiger charge is 2.35. The van der Waals surface area contributed by atoms with Crippen molar-refractivity contribution in [3.63, 3.8) is 0 Å². The fourth-order valence-electron chi connectivity index (χ4n) is 3.37. The van der Waals surface area contributed by atoms with E-state index in [4.69, 9.17) is 10.5 Å².